The molecule has 3 aliphatic rings. The molecule has 2 heterocycles. The number of benzene rings is 1. The highest BCUT2D eigenvalue weighted by Gasteiger charge is 2.39. The summed E-state index contributed by atoms with van der Waals surface area (Å²) in [7, 11) is 0. The highest BCUT2D eigenvalue weighted by molar-refractivity contribution is 6.06. The summed E-state index contributed by atoms with van der Waals surface area (Å²) in [5, 5.41) is 5.68. The zero-order chi connectivity index (χ0) is 25.9. The number of hydrogen-bond acceptors (Lipinski definition) is 7. The van der Waals surface area contributed by atoms with Gasteiger partial charge >= 0.3 is 0 Å². The zero-order valence-corrected chi connectivity index (χ0v) is 21.8. The largest absolute Gasteiger partial charge is 0.382 e. The van der Waals surface area contributed by atoms with E-state index in [0.29, 0.717) is 58.1 Å². The summed E-state index contributed by atoms with van der Waals surface area (Å²) >= 11 is 0. The van der Waals surface area contributed by atoms with Gasteiger partial charge in [-0.2, -0.15) is 0 Å². The van der Waals surface area contributed by atoms with E-state index in [1.54, 1.807) is 11.0 Å². The number of rotatable bonds is 14. The van der Waals surface area contributed by atoms with E-state index in [9.17, 15) is 14.4 Å². The molecule has 0 bridgehead atoms. The van der Waals surface area contributed by atoms with Gasteiger partial charge in [0.05, 0.1) is 33.0 Å². The predicted octanol–water partition coefficient (Wildman–Crippen LogP) is 3.27. The molecule has 1 atom stereocenters. The third-order valence-electron chi connectivity index (χ3n) is 7.53. The Bertz CT molecular complexity index is 915. The summed E-state index contributed by atoms with van der Waals surface area (Å²) < 4.78 is 17.0. The Balaban J connectivity index is 1.06. The van der Waals surface area contributed by atoms with Crippen LogP contribution in [0.3, 0.4) is 0 Å². The first-order chi connectivity index (χ1) is 18.1. The summed E-state index contributed by atoms with van der Waals surface area (Å²) in [4.78, 5) is 38.2. The quantitative estimate of drug-likeness (QED) is 0.223. The van der Waals surface area contributed by atoms with Crippen LogP contribution >= 0.6 is 0 Å². The topological polar surface area (TPSA) is 106 Å². The molecule has 2 fully saturated rings. The predicted molar refractivity (Wildman–Crippen MR) is 139 cm³/mol. The third kappa shape index (κ3) is 7.99. The molecule has 2 aliphatic heterocycles. The van der Waals surface area contributed by atoms with Gasteiger partial charge < -0.3 is 24.4 Å². The third-order valence-corrected chi connectivity index (χ3v) is 7.53. The summed E-state index contributed by atoms with van der Waals surface area (Å²) in [6.07, 6.45) is 10.0. The molecule has 2 N–H and O–H groups in total. The van der Waals surface area contributed by atoms with Crippen LogP contribution in [0.25, 0.3) is 0 Å². The second-order valence-corrected chi connectivity index (χ2v) is 10.1. The van der Waals surface area contributed by atoms with E-state index in [2.05, 4.69) is 10.6 Å². The molecule has 0 radical (unpaired) electrons. The van der Waals surface area contributed by atoms with Crippen molar-refractivity contribution in [1.29, 1.82) is 0 Å². The Hall–Kier alpha value is -2.49. The molecule has 1 saturated heterocycles. The van der Waals surface area contributed by atoms with E-state index in [1.165, 1.54) is 44.9 Å². The number of carbonyl (C=O) groups excluding carboxylic acids is 3. The fourth-order valence-corrected chi connectivity index (χ4v) is 5.45. The number of ether oxygens (including phenoxy) is 3. The van der Waals surface area contributed by atoms with Gasteiger partial charge in [0.1, 0.15) is 6.04 Å². The van der Waals surface area contributed by atoms with Gasteiger partial charge in [0.15, 0.2) is 0 Å². The molecule has 9 nitrogen and oxygen atoms in total. The van der Waals surface area contributed by atoms with Crippen LogP contribution in [-0.4, -0.2) is 74.8 Å². The highest BCUT2D eigenvalue weighted by Crippen LogP contribution is 2.32. The van der Waals surface area contributed by atoms with Gasteiger partial charge in [-0.15, -0.1) is 0 Å². The van der Waals surface area contributed by atoms with Crippen molar-refractivity contribution in [2.24, 2.45) is 5.92 Å². The molecule has 9 heteroatoms. The van der Waals surface area contributed by atoms with E-state index in [-0.39, 0.29) is 18.2 Å². The Labute approximate surface area is 219 Å². The number of piperidine rings is 1. The average molecular weight is 516 g/mol. The molecule has 1 aliphatic carbocycles. The van der Waals surface area contributed by atoms with E-state index >= 15 is 0 Å². The zero-order valence-electron chi connectivity index (χ0n) is 21.8. The number of imide groups is 1. The van der Waals surface area contributed by atoms with Crippen molar-refractivity contribution >= 4 is 23.4 Å². The molecule has 1 unspecified atom stereocenters. The van der Waals surface area contributed by atoms with E-state index in [1.807, 2.05) is 12.1 Å². The molecule has 204 valence electrons. The Morgan fingerprint density at radius 3 is 2.30 bits per heavy atom. The average Bonchev–Trinajstić information content (AvgIpc) is 3.05. The highest BCUT2D eigenvalue weighted by atomic mass is 16.5. The van der Waals surface area contributed by atoms with Gasteiger partial charge in [0.2, 0.25) is 11.8 Å². The fraction of sp³-hybridized carbons (Fsp3) is 0.679. The molecule has 3 amide bonds. The monoisotopic (exact) mass is 515 g/mol. The Kier molecular flexibility index (Phi) is 10.8. The molecule has 4 rings (SSSR count). The summed E-state index contributed by atoms with van der Waals surface area (Å²) in [5.41, 5.74) is 2.33. The van der Waals surface area contributed by atoms with E-state index in [0.717, 1.165) is 23.8 Å². The summed E-state index contributed by atoms with van der Waals surface area (Å²) in [5.74, 6) is -0.0160. The van der Waals surface area contributed by atoms with Crippen molar-refractivity contribution in [1.82, 2.24) is 10.2 Å². The summed E-state index contributed by atoms with van der Waals surface area (Å²) in [6, 6.07) is 4.93. The van der Waals surface area contributed by atoms with Gasteiger partial charge in [-0.3, -0.25) is 19.7 Å². The van der Waals surface area contributed by atoms with Gasteiger partial charge in [-0.05, 0) is 30.9 Å². The first-order valence-electron chi connectivity index (χ1n) is 13.9. The second kappa shape index (κ2) is 14.4. The molecule has 0 spiro atoms. The molecular formula is C28H41N3O6. The van der Waals surface area contributed by atoms with Crippen LogP contribution in [0.1, 0.15) is 73.7 Å². The van der Waals surface area contributed by atoms with Crippen LogP contribution in [0.15, 0.2) is 18.2 Å². The maximum Gasteiger partial charge on any atom is 0.255 e. The second-order valence-electron chi connectivity index (χ2n) is 10.1. The van der Waals surface area contributed by atoms with Crippen molar-refractivity contribution in [2.45, 2.75) is 70.4 Å². The van der Waals surface area contributed by atoms with Crippen molar-refractivity contribution in [3.05, 3.63) is 29.3 Å². The smallest absolute Gasteiger partial charge is 0.255 e. The van der Waals surface area contributed by atoms with Gasteiger partial charge in [-0.1, -0.05) is 44.6 Å². The number of amides is 3. The SMILES string of the molecule is O=C1CCC(N2Cc3c(NCCOCCOCCOCCC4CCCCCC4)cccc3C2=O)C(=O)N1. The van der Waals surface area contributed by atoms with Crippen LogP contribution in [0, 0.1) is 5.92 Å². The molecule has 37 heavy (non-hydrogen) atoms. The lowest BCUT2D eigenvalue weighted by Crippen LogP contribution is -2.52. The normalized spacial score (nSPS) is 20.6. The number of anilines is 1. The minimum Gasteiger partial charge on any atom is -0.382 e. The number of hydrogen-bond donors (Lipinski definition) is 2. The van der Waals surface area contributed by atoms with Gasteiger partial charge in [-0.25, -0.2) is 0 Å². The molecule has 1 aromatic carbocycles. The first kappa shape index (κ1) is 27.5. The first-order valence-corrected chi connectivity index (χ1v) is 13.9. The van der Waals surface area contributed by atoms with E-state index in [4.69, 9.17) is 14.2 Å². The van der Waals surface area contributed by atoms with Crippen LogP contribution < -0.4 is 10.6 Å². The lowest BCUT2D eigenvalue weighted by Gasteiger charge is -2.29. The Morgan fingerprint density at radius 2 is 1.57 bits per heavy atom. The molecule has 0 aromatic heterocycles. The number of nitrogens with one attached hydrogen (secondary N) is 2. The Morgan fingerprint density at radius 1 is 0.865 bits per heavy atom. The number of fused-ring (bicyclic) bond motifs is 1. The lowest BCUT2D eigenvalue weighted by atomic mass is 9.97. The van der Waals surface area contributed by atoms with E-state index < -0.39 is 11.9 Å². The van der Waals surface area contributed by atoms with Crippen molar-refractivity contribution in [3.8, 4) is 0 Å². The summed E-state index contributed by atoms with van der Waals surface area (Å²) in [6.45, 7) is 4.53. The van der Waals surface area contributed by atoms with Crippen molar-refractivity contribution < 1.29 is 28.6 Å². The van der Waals surface area contributed by atoms with Crippen LogP contribution in [0.2, 0.25) is 0 Å². The standard InChI is InChI=1S/C28H41N3O6/c32-26-11-10-25(27(33)30-26)31-20-23-22(28(31)34)8-5-9-24(23)29-13-15-36-17-19-37-18-16-35-14-12-21-6-3-1-2-4-7-21/h5,8-9,21,25,29H,1-4,6-7,10-20H2,(H,30,32,33). The van der Waals surface area contributed by atoms with Crippen molar-refractivity contribution in [2.75, 3.05) is 51.5 Å². The van der Waals surface area contributed by atoms with Crippen LogP contribution in [0.4, 0.5) is 5.69 Å². The number of nitrogens with zero attached hydrogens (tertiary/aromatic N) is 1. The minimum absolute atomic E-state index is 0.171. The molecule has 1 aromatic rings. The van der Waals surface area contributed by atoms with Gasteiger partial charge in [0.25, 0.3) is 5.91 Å². The molecule has 1 saturated carbocycles. The van der Waals surface area contributed by atoms with Gasteiger partial charge in [0, 0.05) is 42.9 Å². The maximum atomic E-state index is 12.9. The number of carbonyl (C=O) groups is 3. The van der Waals surface area contributed by atoms with Crippen LogP contribution in [0.5, 0.6) is 0 Å². The van der Waals surface area contributed by atoms with Crippen molar-refractivity contribution in [3.63, 3.8) is 0 Å². The maximum absolute atomic E-state index is 12.9. The fourth-order valence-electron chi connectivity index (χ4n) is 5.45. The minimum atomic E-state index is -0.610. The molecular weight excluding hydrogens is 474 g/mol. The lowest BCUT2D eigenvalue weighted by molar-refractivity contribution is -0.136. The van der Waals surface area contributed by atoms with Crippen LogP contribution in [-0.2, 0) is 30.3 Å².